The van der Waals surface area contributed by atoms with Gasteiger partial charge in [-0.3, -0.25) is 4.79 Å². The summed E-state index contributed by atoms with van der Waals surface area (Å²) >= 11 is 0. The fraction of sp³-hybridized carbons (Fsp3) is 0.300. The molecule has 0 fully saturated rings. The molecule has 0 aliphatic rings. The summed E-state index contributed by atoms with van der Waals surface area (Å²) in [6, 6.07) is 3.60. The summed E-state index contributed by atoms with van der Waals surface area (Å²) < 4.78 is 12.7. The fourth-order valence-electron chi connectivity index (χ4n) is 1.01. The van der Waals surface area contributed by atoms with E-state index in [2.05, 4.69) is 5.32 Å². The molecule has 4 heteroatoms. The van der Waals surface area contributed by atoms with Crippen molar-refractivity contribution in [1.29, 1.82) is 0 Å². The topological polar surface area (TPSA) is 55.1 Å². The Morgan fingerprint density at radius 1 is 1.57 bits per heavy atom. The molecule has 1 aromatic carbocycles. The maximum Gasteiger partial charge on any atom is 0.241 e. The predicted octanol–water partition coefficient (Wildman–Crippen LogP) is 1.42. The van der Waals surface area contributed by atoms with E-state index >= 15 is 0 Å². The number of rotatable bonds is 2. The van der Waals surface area contributed by atoms with Crippen molar-refractivity contribution in [2.24, 2.45) is 5.73 Å². The van der Waals surface area contributed by atoms with E-state index in [0.717, 1.165) is 0 Å². The van der Waals surface area contributed by atoms with E-state index in [1.54, 1.807) is 13.8 Å². The Balaban J connectivity index is 2.82. The van der Waals surface area contributed by atoms with Gasteiger partial charge in [-0.25, -0.2) is 4.39 Å². The zero-order chi connectivity index (χ0) is 10.7. The molecule has 0 saturated heterocycles. The minimum Gasteiger partial charge on any atom is -0.325 e. The van der Waals surface area contributed by atoms with Gasteiger partial charge in [-0.2, -0.15) is 0 Å². The molecular formula is C10H13FN2O. The molecule has 0 saturated carbocycles. The number of nitrogens with one attached hydrogen (secondary N) is 1. The van der Waals surface area contributed by atoms with Crippen molar-refractivity contribution in [3.8, 4) is 0 Å². The van der Waals surface area contributed by atoms with E-state index in [1.807, 2.05) is 0 Å². The number of aryl methyl sites for hydroxylation is 1. The first-order valence-electron chi connectivity index (χ1n) is 4.33. The van der Waals surface area contributed by atoms with Crippen LogP contribution in [0.2, 0.25) is 0 Å². The minimum atomic E-state index is -0.570. The Kier molecular flexibility index (Phi) is 3.19. The average Bonchev–Trinajstić information content (AvgIpc) is 2.09. The van der Waals surface area contributed by atoms with Crippen molar-refractivity contribution in [3.63, 3.8) is 0 Å². The monoisotopic (exact) mass is 196 g/mol. The van der Waals surface area contributed by atoms with Gasteiger partial charge in [0.1, 0.15) is 5.82 Å². The Morgan fingerprint density at radius 3 is 2.71 bits per heavy atom. The number of hydrogen-bond acceptors (Lipinski definition) is 2. The van der Waals surface area contributed by atoms with Gasteiger partial charge in [0.15, 0.2) is 0 Å². The highest BCUT2D eigenvalue weighted by atomic mass is 19.1. The van der Waals surface area contributed by atoms with Crippen LogP contribution in [0.25, 0.3) is 0 Å². The molecular weight excluding hydrogens is 183 g/mol. The fourth-order valence-corrected chi connectivity index (χ4v) is 1.01. The van der Waals surface area contributed by atoms with Crippen LogP contribution in [0.15, 0.2) is 18.2 Å². The maximum absolute atomic E-state index is 12.7. The van der Waals surface area contributed by atoms with E-state index in [0.29, 0.717) is 11.3 Å². The third kappa shape index (κ3) is 2.53. The van der Waals surface area contributed by atoms with Gasteiger partial charge >= 0.3 is 0 Å². The highest BCUT2D eigenvalue weighted by Crippen LogP contribution is 2.15. The van der Waals surface area contributed by atoms with Gasteiger partial charge in [0.05, 0.1) is 6.04 Å². The molecule has 1 unspecified atom stereocenters. The average molecular weight is 196 g/mol. The zero-order valence-electron chi connectivity index (χ0n) is 8.17. The van der Waals surface area contributed by atoms with Crippen molar-refractivity contribution in [2.75, 3.05) is 5.32 Å². The van der Waals surface area contributed by atoms with Crippen LogP contribution in [0.1, 0.15) is 12.5 Å². The quantitative estimate of drug-likeness (QED) is 0.751. The summed E-state index contributed by atoms with van der Waals surface area (Å²) in [7, 11) is 0. The Labute approximate surface area is 82.1 Å². The van der Waals surface area contributed by atoms with Gasteiger partial charge < -0.3 is 11.1 Å². The molecule has 0 aliphatic heterocycles. The molecule has 3 N–H and O–H groups in total. The molecule has 1 atom stereocenters. The Morgan fingerprint density at radius 2 is 2.21 bits per heavy atom. The second-order valence-corrected chi connectivity index (χ2v) is 3.24. The van der Waals surface area contributed by atoms with Gasteiger partial charge in [-0.1, -0.05) is 0 Å². The Hall–Kier alpha value is -1.42. The molecule has 1 aromatic rings. The number of carbonyl (C=O) groups is 1. The normalized spacial score (nSPS) is 12.3. The number of amides is 1. The standard InChI is InChI=1S/C10H13FN2O/c1-6-5-8(11)3-4-9(6)13-10(14)7(2)12/h3-5,7H,12H2,1-2H3,(H,13,14). The first-order chi connectivity index (χ1) is 6.50. The lowest BCUT2D eigenvalue weighted by Crippen LogP contribution is -2.32. The van der Waals surface area contributed by atoms with Crippen LogP contribution in [0.3, 0.4) is 0 Å². The lowest BCUT2D eigenvalue weighted by Gasteiger charge is -2.09. The number of nitrogens with two attached hydrogens (primary N) is 1. The van der Waals surface area contributed by atoms with Crippen LogP contribution in [-0.4, -0.2) is 11.9 Å². The van der Waals surface area contributed by atoms with Crippen LogP contribution in [0.5, 0.6) is 0 Å². The van der Waals surface area contributed by atoms with Gasteiger partial charge in [0, 0.05) is 5.69 Å². The lowest BCUT2D eigenvalue weighted by atomic mass is 10.2. The van der Waals surface area contributed by atoms with E-state index in [-0.39, 0.29) is 11.7 Å². The molecule has 1 amide bonds. The van der Waals surface area contributed by atoms with Gasteiger partial charge in [0.25, 0.3) is 0 Å². The van der Waals surface area contributed by atoms with E-state index in [1.165, 1.54) is 18.2 Å². The van der Waals surface area contributed by atoms with Gasteiger partial charge in [-0.15, -0.1) is 0 Å². The van der Waals surface area contributed by atoms with Crippen molar-refractivity contribution < 1.29 is 9.18 Å². The second-order valence-electron chi connectivity index (χ2n) is 3.24. The molecule has 14 heavy (non-hydrogen) atoms. The maximum atomic E-state index is 12.7. The summed E-state index contributed by atoms with van der Waals surface area (Å²) in [6.45, 7) is 3.31. The zero-order valence-corrected chi connectivity index (χ0v) is 8.17. The van der Waals surface area contributed by atoms with Crippen LogP contribution in [-0.2, 0) is 4.79 Å². The molecule has 76 valence electrons. The number of anilines is 1. The summed E-state index contributed by atoms with van der Waals surface area (Å²) in [5.41, 5.74) is 6.65. The molecule has 0 heterocycles. The summed E-state index contributed by atoms with van der Waals surface area (Å²) in [5, 5.41) is 2.61. The van der Waals surface area contributed by atoms with E-state index in [9.17, 15) is 9.18 Å². The first-order valence-corrected chi connectivity index (χ1v) is 4.33. The highest BCUT2D eigenvalue weighted by molar-refractivity contribution is 5.94. The molecule has 3 nitrogen and oxygen atoms in total. The molecule has 0 bridgehead atoms. The van der Waals surface area contributed by atoms with Crippen LogP contribution >= 0.6 is 0 Å². The largest absolute Gasteiger partial charge is 0.325 e. The number of benzene rings is 1. The van der Waals surface area contributed by atoms with Gasteiger partial charge in [-0.05, 0) is 37.6 Å². The van der Waals surface area contributed by atoms with Gasteiger partial charge in [0.2, 0.25) is 5.91 Å². The predicted molar refractivity (Wildman–Crippen MR) is 53.4 cm³/mol. The molecule has 0 aliphatic carbocycles. The number of carbonyl (C=O) groups excluding carboxylic acids is 1. The summed E-state index contributed by atoms with van der Waals surface area (Å²) in [5.74, 6) is -0.596. The SMILES string of the molecule is Cc1cc(F)ccc1NC(=O)C(C)N. The van der Waals surface area contributed by atoms with Crippen molar-refractivity contribution in [2.45, 2.75) is 19.9 Å². The summed E-state index contributed by atoms with van der Waals surface area (Å²) in [4.78, 5) is 11.2. The second kappa shape index (κ2) is 4.19. The van der Waals surface area contributed by atoms with Crippen LogP contribution in [0, 0.1) is 12.7 Å². The smallest absolute Gasteiger partial charge is 0.241 e. The lowest BCUT2D eigenvalue weighted by molar-refractivity contribution is -0.117. The minimum absolute atomic E-state index is 0.278. The van der Waals surface area contributed by atoms with E-state index < -0.39 is 6.04 Å². The third-order valence-electron chi connectivity index (χ3n) is 1.86. The third-order valence-corrected chi connectivity index (χ3v) is 1.86. The van der Waals surface area contributed by atoms with Crippen molar-refractivity contribution >= 4 is 11.6 Å². The summed E-state index contributed by atoms with van der Waals surface area (Å²) in [6.07, 6.45) is 0. The van der Waals surface area contributed by atoms with Crippen LogP contribution < -0.4 is 11.1 Å². The van der Waals surface area contributed by atoms with Crippen molar-refractivity contribution in [3.05, 3.63) is 29.6 Å². The Bertz CT molecular complexity index is 350. The molecule has 0 aromatic heterocycles. The number of hydrogen-bond donors (Lipinski definition) is 2. The highest BCUT2D eigenvalue weighted by Gasteiger charge is 2.08. The van der Waals surface area contributed by atoms with Crippen LogP contribution in [0.4, 0.5) is 10.1 Å². The first kappa shape index (κ1) is 10.7. The number of halogens is 1. The molecule has 0 spiro atoms. The molecule has 1 rings (SSSR count). The van der Waals surface area contributed by atoms with Crippen molar-refractivity contribution in [1.82, 2.24) is 0 Å². The molecule has 0 radical (unpaired) electrons. The van der Waals surface area contributed by atoms with E-state index in [4.69, 9.17) is 5.73 Å².